The van der Waals surface area contributed by atoms with E-state index in [1.807, 2.05) is 0 Å². The highest BCUT2D eigenvalue weighted by molar-refractivity contribution is 5.32. The van der Waals surface area contributed by atoms with E-state index in [0.717, 1.165) is 5.92 Å². The predicted molar refractivity (Wildman–Crippen MR) is 63.9 cm³/mol. The third-order valence-corrected chi connectivity index (χ3v) is 2.84. The first-order chi connectivity index (χ1) is 7.35. The Morgan fingerprint density at radius 1 is 1.40 bits per heavy atom. The van der Waals surface area contributed by atoms with Crippen molar-refractivity contribution in [1.82, 2.24) is 0 Å². The van der Waals surface area contributed by atoms with E-state index in [0.29, 0.717) is 0 Å². The second kappa shape index (κ2) is 11.3. The van der Waals surface area contributed by atoms with Gasteiger partial charge in [-0.25, -0.2) is 0 Å². The zero-order valence-corrected chi connectivity index (χ0v) is 9.82. The van der Waals surface area contributed by atoms with Gasteiger partial charge in [0.1, 0.15) is 0 Å². The molecule has 0 aromatic heterocycles. The summed E-state index contributed by atoms with van der Waals surface area (Å²) in [7, 11) is 0. The molecule has 0 bridgehead atoms. The SMILES string of the molecule is CCCCCC1CC=CCCC1.O=CO. The topological polar surface area (TPSA) is 37.3 Å². The third kappa shape index (κ3) is 9.51. The minimum absolute atomic E-state index is 0.250. The van der Waals surface area contributed by atoms with Crippen LogP contribution in [0.3, 0.4) is 0 Å². The van der Waals surface area contributed by atoms with Crippen LogP contribution in [0, 0.1) is 5.92 Å². The van der Waals surface area contributed by atoms with E-state index < -0.39 is 0 Å². The van der Waals surface area contributed by atoms with Gasteiger partial charge >= 0.3 is 0 Å². The molecule has 0 spiro atoms. The molecule has 0 aromatic rings. The van der Waals surface area contributed by atoms with Crippen molar-refractivity contribution in [3.8, 4) is 0 Å². The fourth-order valence-corrected chi connectivity index (χ4v) is 1.99. The molecule has 15 heavy (non-hydrogen) atoms. The third-order valence-electron chi connectivity index (χ3n) is 2.84. The van der Waals surface area contributed by atoms with Gasteiger partial charge in [-0.3, -0.25) is 4.79 Å². The van der Waals surface area contributed by atoms with Crippen LogP contribution < -0.4 is 0 Å². The second-order valence-corrected chi connectivity index (χ2v) is 4.11. The molecule has 2 nitrogen and oxygen atoms in total. The van der Waals surface area contributed by atoms with E-state index in [2.05, 4.69) is 19.1 Å². The standard InChI is InChI=1S/C12H22.CH2O2/c1-2-3-6-9-12-10-7-4-5-8-11-12;2-1-3/h4,7,12H,2-3,5-6,8-11H2,1H3;1H,(H,2,3). The van der Waals surface area contributed by atoms with Gasteiger partial charge in [0.05, 0.1) is 0 Å². The highest BCUT2D eigenvalue weighted by Crippen LogP contribution is 2.23. The van der Waals surface area contributed by atoms with Crippen molar-refractivity contribution in [2.75, 3.05) is 0 Å². The monoisotopic (exact) mass is 212 g/mol. The molecule has 1 N–H and O–H groups in total. The Morgan fingerprint density at radius 3 is 2.80 bits per heavy atom. The Balaban J connectivity index is 0.000000583. The number of hydrogen-bond donors (Lipinski definition) is 1. The molecular weight excluding hydrogens is 188 g/mol. The lowest BCUT2D eigenvalue weighted by molar-refractivity contribution is -0.122. The summed E-state index contributed by atoms with van der Waals surface area (Å²) in [6.07, 6.45) is 16.0. The van der Waals surface area contributed by atoms with Crippen LogP contribution in [0.2, 0.25) is 0 Å². The van der Waals surface area contributed by atoms with Crippen LogP contribution in [-0.4, -0.2) is 11.6 Å². The summed E-state index contributed by atoms with van der Waals surface area (Å²) in [4.78, 5) is 8.36. The molecule has 1 aliphatic rings. The van der Waals surface area contributed by atoms with Gasteiger partial charge in [-0.15, -0.1) is 0 Å². The van der Waals surface area contributed by atoms with Gasteiger partial charge in [-0.1, -0.05) is 44.8 Å². The number of allylic oxidation sites excluding steroid dienone is 2. The van der Waals surface area contributed by atoms with E-state index >= 15 is 0 Å². The molecule has 1 aliphatic carbocycles. The van der Waals surface area contributed by atoms with Crippen molar-refractivity contribution >= 4 is 6.47 Å². The molecular formula is C13H24O2. The molecule has 0 aromatic carbocycles. The van der Waals surface area contributed by atoms with Gasteiger partial charge in [-0.2, -0.15) is 0 Å². The van der Waals surface area contributed by atoms with Crippen LogP contribution in [0.25, 0.3) is 0 Å². The lowest BCUT2D eigenvalue weighted by Crippen LogP contribution is -1.97. The fraction of sp³-hybridized carbons (Fsp3) is 0.769. The highest BCUT2D eigenvalue weighted by atomic mass is 16.3. The van der Waals surface area contributed by atoms with E-state index in [1.165, 1.54) is 51.4 Å². The Hall–Kier alpha value is -0.790. The van der Waals surface area contributed by atoms with Crippen LogP contribution in [0.5, 0.6) is 0 Å². The zero-order valence-electron chi connectivity index (χ0n) is 9.82. The van der Waals surface area contributed by atoms with Crippen molar-refractivity contribution in [3.05, 3.63) is 12.2 Å². The molecule has 0 aliphatic heterocycles. The number of rotatable bonds is 4. The maximum atomic E-state index is 8.36. The summed E-state index contributed by atoms with van der Waals surface area (Å²) < 4.78 is 0. The molecule has 0 fully saturated rings. The molecule has 1 rings (SSSR count). The second-order valence-electron chi connectivity index (χ2n) is 4.11. The van der Waals surface area contributed by atoms with Crippen molar-refractivity contribution in [3.63, 3.8) is 0 Å². The maximum absolute atomic E-state index is 8.36. The van der Waals surface area contributed by atoms with Crippen molar-refractivity contribution < 1.29 is 9.90 Å². The lowest BCUT2D eigenvalue weighted by Gasteiger charge is -2.11. The van der Waals surface area contributed by atoms with Crippen LogP contribution >= 0.6 is 0 Å². The Kier molecular flexibility index (Phi) is 10.7. The number of hydrogen-bond acceptors (Lipinski definition) is 1. The average molecular weight is 212 g/mol. The number of carboxylic acid groups (broad SMARTS) is 1. The van der Waals surface area contributed by atoms with Gasteiger partial charge in [0.15, 0.2) is 0 Å². The average Bonchev–Trinajstić information content (AvgIpc) is 2.48. The lowest BCUT2D eigenvalue weighted by atomic mass is 9.94. The van der Waals surface area contributed by atoms with E-state index in [1.54, 1.807) is 0 Å². The summed E-state index contributed by atoms with van der Waals surface area (Å²) in [5.41, 5.74) is 0. The molecule has 2 heteroatoms. The zero-order chi connectivity index (χ0) is 11.4. The Morgan fingerprint density at radius 2 is 2.13 bits per heavy atom. The normalized spacial score (nSPS) is 19.9. The molecule has 1 unspecified atom stereocenters. The van der Waals surface area contributed by atoms with Crippen LogP contribution in [-0.2, 0) is 4.79 Å². The molecule has 0 saturated carbocycles. The molecule has 0 amide bonds. The molecule has 1 atom stereocenters. The van der Waals surface area contributed by atoms with E-state index in [4.69, 9.17) is 9.90 Å². The predicted octanol–water partition coefficient (Wildman–Crippen LogP) is 4.01. The largest absolute Gasteiger partial charge is 0.483 e. The molecule has 88 valence electrons. The van der Waals surface area contributed by atoms with Crippen molar-refractivity contribution in [1.29, 1.82) is 0 Å². The first kappa shape index (κ1) is 14.2. The molecule has 0 heterocycles. The number of carbonyl (C=O) groups is 1. The smallest absolute Gasteiger partial charge is 0.290 e. The van der Waals surface area contributed by atoms with Crippen molar-refractivity contribution in [2.24, 2.45) is 5.92 Å². The first-order valence-electron chi connectivity index (χ1n) is 6.08. The summed E-state index contributed by atoms with van der Waals surface area (Å²) in [6.45, 7) is 2.03. The van der Waals surface area contributed by atoms with Gasteiger partial charge in [0.2, 0.25) is 0 Å². The van der Waals surface area contributed by atoms with Crippen LogP contribution in [0.15, 0.2) is 12.2 Å². The van der Waals surface area contributed by atoms with Gasteiger partial charge in [-0.05, 0) is 31.6 Å². The quantitative estimate of drug-likeness (QED) is 0.434. The van der Waals surface area contributed by atoms with Gasteiger partial charge in [0.25, 0.3) is 6.47 Å². The van der Waals surface area contributed by atoms with Gasteiger partial charge < -0.3 is 5.11 Å². The minimum Gasteiger partial charge on any atom is -0.483 e. The summed E-state index contributed by atoms with van der Waals surface area (Å²) >= 11 is 0. The first-order valence-corrected chi connectivity index (χ1v) is 6.08. The van der Waals surface area contributed by atoms with Crippen LogP contribution in [0.1, 0.15) is 58.3 Å². The Bertz CT molecular complexity index is 164. The van der Waals surface area contributed by atoms with Crippen LogP contribution in [0.4, 0.5) is 0 Å². The summed E-state index contributed by atoms with van der Waals surface area (Å²) in [5.74, 6) is 1.01. The molecule has 0 radical (unpaired) electrons. The maximum Gasteiger partial charge on any atom is 0.290 e. The van der Waals surface area contributed by atoms with Crippen molar-refractivity contribution in [2.45, 2.75) is 58.3 Å². The minimum atomic E-state index is -0.250. The molecule has 0 saturated heterocycles. The summed E-state index contributed by atoms with van der Waals surface area (Å²) in [6, 6.07) is 0. The van der Waals surface area contributed by atoms with Gasteiger partial charge in [0, 0.05) is 0 Å². The number of unbranched alkanes of at least 4 members (excludes halogenated alkanes) is 2. The highest BCUT2D eigenvalue weighted by Gasteiger charge is 2.07. The fourth-order valence-electron chi connectivity index (χ4n) is 1.99. The van der Waals surface area contributed by atoms with E-state index in [-0.39, 0.29) is 6.47 Å². The Labute approximate surface area is 93.4 Å². The van der Waals surface area contributed by atoms with E-state index in [9.17, 15) is 0 Å². The summed E-state index contributed by atoms with van der Waals surface area (Å²) in [5, 5.41) is 6.89.